The lowest BCUT2D eigenvalue weighted by atomic mass is 9.80. The predicted octanol–water partition coefficient (Wildman–Crippen LogP) is 4.71. The Bertz CT molecular complexity index is 918. The van der Waals surface area contributed by atoms with Gasteiger partial charge in [0.15, 0.2) is 5.79 Å². The van der Waals surface area contributed by atoms with Crippen LogP contribution in [0.15, 0.2) is 36.4 Å². The molecule has 1 aromatic carbocycles. The van der Waals surface area contributed by atoms with E-state index in [0.29, 0.717) is 45.5 Å². The summed E-state index contributed by atoms with van der Waals surface area (Å²) >= 11 is 0. The molecular weight excluding hydrogens is 448 g/mol. The Balaban J connectivity index is 1.99. The standard InChI is InChI=1S/C27H38N2O6/c1-6-27(7-2)34-19-26(4,35-27)24(25(31)15-11-22(30)16-29-28)14-8-20(3)17-33-18-21-9-12-23(32-5)13-10-21/h9-10,12-13,16,24H,3,6-8,11,14-15,17-19H2,1-2,4-5H3/t24-,26+/m0/s1. The highest BCUT2D eigenvalue weighted by Gasteiger charge is 2.51. The second-order valence-electron chi connectivity index (χ2n) is 9.18. The molecule has 0 amide bonds. The van der Waals surface area contributed by atoms with Crippen molar-refractivity contribution in [3.63, 3.8) is 0 Å². The Morgan fingerprint density at radius 1 is 1.20 bits per heavy atom. The maximum atomic E-state index is 13.2. The first-order valence-electron chi connectivity index (χ1n) is 12.1. The largest absolute Gasteiger partial charge is 0.497 e. The number of hydrogen-bond acceptors (Lipinski definition) is 6. The van der Waals surface area contributed by atoms with Gasteiger partial charge >= 0.3 is 6.21 Å². The van der Waals surface area contributed by atoms with E-state index in [-0.39, 0.29) is 18.6 Å². The third-order valence-electron chi connectivity index (χ3n) is 6.58. The van der Waals surface area contributed by atoms with Crippen molar-refractivity contribution in [1.29, 1.82) is 0 Å². The quantitative estimate of drug-likeness (QED) is 0.145. The number of ether oxygens (including phenoxy) is 4. The van der Waals surface area contributed by atoms with Crippen LogP contribution in [0.2, 0.25) is 0 Å². The molecule has 0 aliphatic carbocycles. The number of Topliss-reactive ketones (excluding diaryl/α,β-unsaturated/α-hetero) is 2. The number of nitrogens with zero attached hydrogens (tertiary/aromatic N) is 2. The van der Waals surface area contributed by atoms with Crippen molar-refractivity contribution in [1.82, 2.24) is 0 Å². The first-order valence-corrected chi connectivity index (χ1v) is 12.1. The van der Waals surface area contributed by atoms with Crippen LogP contribution in [0.4, 0.5) is 0 Å². The Morgan fingerprint density at radius 2 is 1.89 bits per heavy atom. The van der Waals surface area contributed by atoms with Crippen LogP contribution < -0.4 is 4.74 Å². The maximum Gasteiger partial charge on any atom is 0.323 e. The highest BCUT2D eigenvalue weighted by molar-refractivity contribution is 6.25. The molecule has 1 aliphatic rings. The van der Waals surface area contributed by atoms with Crippen LogP contribution in [-0.2, 0) is 30.4 Å². The van der Waals surface area contributed by atoms with Crippen LogP contribution in [0.25, 0.3) is 5.53 Å². The van der Waals surface area contributed by atoms with Crippen molar-refractivity contribution in [3.8, 4) is 5.75 Å². The van der Waals surface area contributed by atoms with Crippen LogP contribution in [0.1, 0.15) is 64.9 Å². The number of rotatable bonds is 16. The lowest BCUT2D eigenvalue weighted by Gasteiger charge is -2.34. The molecule has 1 heterocycles. The number of ketones is 2. The van der Waals surface area contributed by atoms with E-state index in [0.717, 1.165) is 23.1 Å². The normalized spacial score (nSPS) is 19.5. The Kier molecular flexibility index (Phi) is 11.0. The molecule has 8 heteroatoms. The zero-order valence-corrected chi connectivity index (χ0v) is 21.4. The van der Waals surface area contributed by atoms with Gasteiger partial charge in [-0.05, 0) is 50.3 Å². The molecule has 2 rings (SSSR count). The topological polar surface area (TPSA) is 107 Å². The molecule has 35 heavy (non-hydrogen) atoms. The van der Waals surface area contributed by atoms with E-state index in [9.17, 15) is 9.59 Å². The summed E-state index contributed by atoms with van der Waals surface area (Å²) in [7, 11) is 1.63. The van der Waals surface area contributed by atoms with Crippen LogP contribution in [0, 0.1) is 5.92 Å². The number of carbonyl (C=O) groups is 2. The minimum atomic E-state index is -0.804. The van der Waals surface area contributed by atoms with Crippen molar-refractivity contribution in [3.05, 3.63) is 47.5 Å². The van der Waals surface area contributed by atoms with Gasteiger partial charge in [0.1, 0.15) is 17.1 Å². The monoisotopic (exact) mass is 486 g/mol. The highest BCUT2D eigenvalue weighted by Crippen LogP contribution is 2.42. The SMILES string of the molecule is C=C(CC[C@@H](C(=O)CCC(=O)C=[N+]=[N-])[C@@]1(C)COC(CC)(CC)O1)COCc1ccc(OC)cc1. The lowest BCUT2D eigenvalue weighted by Crippen LogP contribution is -2.44. The minimum Gasteiger partial charge on any atom is -0.497 e. The van der Waals surface area contributed by atoms with Gasteiger partial charge in [-0.25, -0.2) is 0 Å². The summed E-state index contributed by atoms with van der Waals surface area (Å²) in [6, 6.07) is 7.67. The lowest BCUT2D eigenvalue weighted by molar-refractivity contribution is -0.197. The third-order valence-corrected chi connectivity index (χ3v) is 6.58. The molecule has 1 aromatic rings. The summed E-state index contributed by atoms with van der Waals surface area (Å²) in [5, 5.41) is 0. The molecule has 192 valence electrons. The van der Waals surface area contributed by atoms with Crippen molar-refractivity contribution in [2.75, 3.05) is 20.3 Å². The number of benzene rings is 1. The first-order chi connectivity index (χ1) is 16.7. The van der Waals surface area contributed by atoms with E-state index in [1.54, 1.807) is 7.11 Å². The van der Waals surface area contributed by atoms with Gasteiger partial charge in [0.2, 0.25) is 5.78 Å². The zero-order valence-electron chi connectivity index (χ0n) is 21.4. The molecule has 1 aliphatic heterocycles. The van der Waals surface area contributed by atoms with Gasteiger partial charge in [0, 0.05) is 18.8 Å². The van der Waals surface area contributed by atoms with E-state index in [1.165, 1.54) is 0 Å². The average molecular weight is 487 g/mol. The molecule has 0 bridgehead atoms. The van der Waals surface area contributed by atoms with E-state index in [1.807, 2.05) is 45.0 Å². The molecule has 8 nitrogen and oxygen atoms in total. The summed E-state index contributed by atoms with van der Waals surface area (Å²) < 4.78 is 23.4. The molecule has 1 fully saturated rings. The Morgan fingerprint density at radius 3 is 2.46 bits per heavy atom. The van der Waals surface area contributed by atoms with Crippen molar-refractivity contribution >= 4 is 17.8 Å². The van der Waals surface area contributed by atoms with Crippen molar-refractivity contribution in [2.45, 2.75) is 77.3 Å². The van der Waals surface area contributed by atoms with Gasteiger partial charge < -0.3 is 24.5 Å². The van der Waals surface area contributed by atoms with Gasteiger partial charge in [-0.2, -0.15) is 4.79 Å². The van der Waals surface area contributed by atoms with Crippen LogP contribution in [0.5, 0.6) is 5.75 Å². The maximum absolute atomic E-state index is 13.2. The van der Waals surface area contributed by atoms with Crippen LogP contribution >= 0.6 is 0 Å². The number of hydrogen-bond donors (Lipinski definition) is 0. The van der Waals surface area contributed by atoms with E-state index in [2.05, 4.69) is 11.4 Å². The summed E-state index contributed by atoms with van der Waals surface area (Å²) in [6.07, 6.45) is 3.29. The van der Waals surface area contributed by atoms with Gasteiger partial charge in [-0.15, -0.1) is 0 Å². The zero-order chi connectivity index (χ0) is 25.9. The van der Waals surface area contributed by atoms with Crippen LogP contribution in [-0.4, -0.2) is 54.3 Å². The molecule has 0 saturated carbocycles. The smallest absolute Gasteiger partial charge is 0.323 e. The summed E-state index contributed by atoms with van der Waals surface area (Å²) in [5.41, 5.74) is 9.65. The third kappa shape index (κ3) is 8.22. The number of methoxy groups -OCH3 is 1. The van der Waals surface area contributed by atoms with Crippen LogP contribution in [0.3, 0.4) is 0 Å². The van der Waals surface area contributed by atoms with E-state index in [4.69, 9.17) is 24.5 Å². The van der Waals surface area contributed by atoms with Gasteiger partial charge in [0.25, 0.3) is 0 Å². The summed E-state index contributed by atoms with van der Waals surface area (Å²) in [6.45, 7) is 11.2. The first kappa shape index (κ1) is 28.6. The highest BCUT2D eigenvalue weighted by atomic mass is 16.8. The second-order valence-corrected chi connectivity index (χ2v) is 9.18. The van der Waals surface area contributed by atoms with Gasteiger partial charge in [0.05, 0.1) is 26.9 Å². The molecule has 0 N–H and O–H groups in total. The number of carbonyl (C=O) groups excluding carboxylic acids is 2. The minimum absolute atomic E-state index is 0.0189. The fraction of sp³-hybridized carbons (Fsp3) is 0.593. The molecule has 1 saturated heterocycles. The molecule has 0 spiro atoms. The van der Waals surface area contributed by atoms with Crippen molar-refractivity contribution < 1.29 is 33.3 Å². The summed E-state index contributed by atoms with van der Waals surface area (Å²) in [4.78, 5) is 27.7. The van der Waals surface area contributed by atoms with Gasteiger partial charge in [-0.1, -0.05) is 38.1 Å². The second kappa shape index (κ2) is 13.4. The Labute approximate surface area is 208 Å². The predicted molar refractivity (Wildman–Crippen MR) is 132 cm³/mol. The molecule has 2 atom stereocenters. The fourth-order valence-electron chi connectivity index (χ4n) is 4.34. The summed E-state index contributed by atoms with van der Waals surface area (Å²) in [5.74, 6) is -0.863. The molecular formula is C27H38N2O6. The van der Waals surface area contributed by atoms with Crippen molar-refractivity contribution in [2.24, 2.45) is 5.92 Å². The van der Waals surface area contributed by atoms with Gasteiger partial charge in [-0.3, -0.25) is 9.59 Å². The van der Waals surface area contributed by atoms with E-state index < -0.39 is 23.1 Å². The molecule has 0 radical (unpaired) electrons. The average Bonchev–Trinajstić information content (AvgIpc) is 3.21. The van der Waals surface area contributed by atoms with E-state index >= 15 is 0 Å². The Hall–Kier alpha value is -2.64. The molecule has 0 aromatic heterocycles. The molecule has 0 unspecified atom stereocenters. The fourth-order valence-corrected chi connectivity index (χ4v) is 4.34.